The number of halogens is 2. The molecular formula is C19H22BrFN4O. The Morgan fingerprint density at radius 1 is 1.19 bits per heavy atom. The lowest BCUT2D eigenvalue weighted by Gasteiger charge is -2.13. The highest BCUT2D eigenvalue weighted by atomic mass is 79.9. The monoisotopic (exact) mass is 420 g/mol. The van der Waals surface area contributed by atoms with Crippen molar-refractivity contribution in [3.8, 4) is 0 Å². The number of amides is 1. The first kappa shape index (κ1) is 19.9. The maximum absolute atomic E-state index is 13.6. The second-order valence-electron chi connectivity index (χ2n) is 5.70. The Morgan fingerprint density at radius 2 is 1.96 bits per heavy atom. The lowest BCUT2D eigenvalue weighted by molar-refractivity contribution is -0.116. The molecule has 3 N–H and O–H groups in total. The minimum Gasteiger partial charge on any atom is -0.356 e. The molecule has 5 nitrogen and oxygen atoms in total. The molecule has 7 heteroatoms. The van der Waals surface area contributed by atoms with Crippen molar-refractivity contribution in [2.75, 3.05) is 18.9 Å². The quantitative estimate of drug-likeness (QED) is 0.494. The van der Waals surface area contributed by atoms with Crippen LogP contribution in [0.5, 0.6) is 0 Å². The highest BCUT2D eigenvalue weighted by molar-refractivity contribution is 9.10. The van der Waals surface area contributed by atoms with E-state index >= 15 is 0 Å². The van der Waals surface area contributed by atoms with Gasteiger partial charge in [0.25, 0.3) is 0 Å². The zero-order valence-corrected chi connectivity index (χ0v) is 16.4. The molecule has 2 aromatic carbocycles. The molecule has 2 rings (SSSR count). The van der Waals surface area contributed by atoms with Crippen LogP contribution in [0.3, 0.4) is 0 Å². The molecule has 0 bridgehead atoms. The lowest BCUT2D eigenvalue weighted by atomic mass is 10.2. The molecule has 0 spiro atoms. The summed E-state index contributed by atoms with van der Waals surface area (Å²) in [4.78, 5) is 16.2. The molecule has 0 aliphatic carbocycles. The van der Waals surface area contributed by atoms with Crippen LogP contribution in [0.15, 0.2) is 51.9 Å². The third-order valence-electron chi connectivity index (χ3n) is 3.75. The number of nitrogens with one attached hydrogen (secondary N) is 3. The van der Waals surface area contributed by atoms with Gasteiger partial charge in [0.1, 0.15) is 5.82 Å². The maximum Gasteiger partial charge on any atom is 0.226 e. The molecule has 2 aromatic rings. The van der Waals surface area contributed by atoms with Gasteiger partial charge in [-0.3, -0.25) is 9.79 Å². The topological polar surface area (TPSA) is 65.5 Å². The minimum absolute atomic E-state index is 0.0942. The Hall–Kier alpha value is -2.41. The number of carbonyl (C=O) groups is 1. The number of guanidine groups is 1. The first-order valence-corrected chi connectivity index (χ1v) is 9.03. The summed E-state index contributed by atoms with van der Waals surface area (Å²) in [6.45, 7) is 2.67. The molecule has 26 heavy (non-hydrogen) atoms. The van der Waals surface area contributed by atoms with Crippen molar-refractivity contribution in [1.82, 2.24) is 10.6 Å². The molecule has 0 radical (unpaired) electrons. The first-order valence-electron chi connectivity index (χ1n) is 8.23. The highest BCUT2D eigenvalue weighted by Crippen LogP contribution is 2.20. The van der Waals surface area contributed by atoms with Crippen LogP contribution < -0.4 is 16.0 Å². The Kier molecular flexibility index (Phi) is 7.59. The molecule has 0 fully saturated rings. The van der Waals surface area contributed by atoms with Crippen molar-refractivity contribution in [3.05, 3.63) is 63.9 Å². The molecule has 1 amide bonds. The Bertz CT molecular complexity index is 795. The number of carbonyl (C=O) groups excluding carboxylic acids is 1. The van der Waals surface area contributed by atoms with Gasteiger partial charge in [-0.2, -0.15) is 0 Å². The van der Waals surface area contributed by atoms with Crippen molar-refractivity contribution >= 4 is 33.5 Å². The average molecular weight is 421 g/mol. The molecule has 0 saturated carbocycles. The fraction of sp³-hybridized carbons (Fsp3) is 0.263. The molecule has 138 valence electrons. The van der Waals surface area contributed by atoms with Crippen LogP contribution in [0, 0.1) is 12.7 Å². The van der Waals surface area contributed by atoms with Gasteiger partial charge in [0.05, 0.1) is 0 Å². The van der Waals surface area contributed by atoms with E-state index < -0.39 is 0 Å². The number of aryl methyl sites for hydroxylation is 1. The summed E-state index contributed by atoms with van der Waals surface area (Å²) < 4.78 is 14.5. The fourth-order valence-corrected chi connectivity index (χ4v) is 2.64. The third-order valence-corrected chi connectivity index (χ3v) is 4.24. The lowest BCUT2D eigenvalue weighted by Crippen LogP contribution is -2.38. The van der Waals surface area contributed by atoms with Gasteiger partial charge in [-0.1, -0.05) is 40.2 Å². The van der Waals surface area contributed by atoms with Crippen LogP contribution in [0.1, 0.15) is 17.5 Å². The first-order chi connectivity index (χ1) is 12.5. The molecule has 0 aliphatic heterocycles. The van der Waals surface area contributed by atoms with Crippen LogP contribution in [-0.4, -0.2) is 25.5 Å². The SMILES string of the molecule is CN=C(NCCC(=O)Nc1cc(Br)ccc1C)NCc1ccccc1F. The molecule has 0 atom stereocenters. The van der Waals surface area contributed by atoms with E-state index in [1.165, 1.54) is 6.07 Å². The number of hydrogen-bond donors (Lipinski definition) is 3. The summed E-state index contributed by atoms with van der Waals surface area (Å²) in [7, 11) is 1.63. The second-order valence-corrected chi connectivity index (χ2v) is 6.62. The van der Waals surface area contributed by atoms with E-state index in [0.29, 0.717) is 24.6 Å². The molecule has 0 aliphatic rings. The van der Waals surface area contributed by atoms with E-state index in [4.69, 9.17) is 0 Å². The van der Waals surface area contributed by atoms with E-state index in [9.17, 15) is 9.18 Å². The van der Waals surface area contributed by atoms with Gasteiger partial charge in [-0.25, -0.2) is 4.39 Å². The molecular weight excluding hydrogens is 399 g/mol. The van der Waals surface area contributed by atoms with Crippen LogP contribution in [-0.2, 0) is 11.3 Å². The van der Waals surface area contributed by atoms with Gasteiger partial charge in [-0.05, 0) is 30.7 Å². The Balaban J connectivity index is 1.77. The van der Waals surface area contributed by atoms with Crippen LogP contribution in [0.2, 0.25) is 0 Å². The summed E-state index contributed by atoms with van der Waals surface area (Å²) in [5, 5.41) is 8.96. The van der Waals surface area contributed by atoms with E-state index in [-0.39, 0.29) is 18.1 Å². The molecule has 0 heterocycles. The van der Waals surface area contributed by atoms with Crippen molar-refractivity contribution in [3.63, 3.8) is 0 Å². The van der Waals surface area contributed by atoms with Crippen molar-refractivity contribution in [1.29, 1.82) is 0 Å². The van der Waals surface area contributed by atoms with Gasteiger partial charge in [0.2, 0.25) is 5.91 Å². The number of hydrogen-bond acceptors (Lipinski definition) is 2. The summed E-state index contributed by atoms with van der Waals surface area (Å²) in [5.74, 6) is 0.155. The van der Waals surface area contributed by atoms with E-state index in [2.05, 4.69) is 36.9 Å². The van der Waals surface area contributed by atoms with Crippen molar-refractivity contribution < 1.29 is 9.18 Å². The van der Waals surface area contributed by atoms with Crippen molar-refractivity contribution in [2.24, 2.45) is 4.99 Å². The van der Waals surface area contributed by atoms with E-state index in [1.54, 1.807) is 25.2 Å². The number of rotatable bonds is 6. The summed E-state index contributed by atoms with van der Waals surface area (Å²) >= 11 is 3.39. The van der Waals surface area contributed by atoms with Crippen LogP contribution >= 0.6 is 15.9 Å². The predicted octanol–water partition coefficient (Wildman–Crippen LogP) is 3.59. The standard InChI is InChI=1S/C19H22BrFN4O/c1-13-7-8-15(20)11-17(13)25-18(26)9-10-23-19(22-2)24-12-14-5-3-4-6-16(14)21/h3-8,11H,9-10,12H2,1-2H3,(H,25,26)(H2,22,23,24). The predicted molar refractivity (Wildman–Crippen MR) is 107 cm³/mol. The smallest absolute Gasteiger partial charge is 0.226 e. The number of nitrogens with zero attached hydrogens (tertiary/aromatic N) is 1. The highest BCUT2D eigenvalue weighted by Gasteiger charge is 2.07. The summed E-state index contributed by atoms with van der Waals surface area (Å²) in [6, 6.07) is 12.3. The van der Waals surface area contributed by atoms with Gasteiger partial charge in [-0.15, -0.1) is 0 Å². The maximum atomic E-state index is 13.6. The number of aliphatic imine (C=N–C) groups is 1. The fourth-order valence-electron chi connectivity index (χ4n) is 2.28. The molecule has 0 saturated heterocycles. The summed E-state index contributed by atoms with van der Waals surface area (Å²) in [5.41, 5.74) is 2.33. The normalized spacial score (nSPS) is 11.2. The van der Waals surface area contributed by atoms with Gasteiger partial charge in [0.15, 0.2) is 5.96 Å². The zero-order valence-electron chi connectivity index (χ0n) is 14.8. The molecule has 0 aromatic heterocycles. The zero-order chi connectivity index (χ0) is 18.9. The Labute approximate surface area is 161 Å². The third kappa shape index (κ3) is 6.15. The largest absolute Gasteiger partial charge is 0.356 e. The average Bonchev–Trinajstić information content (AvgIpc) is 2.62. The number of benzene rings is 2. The van der Waals surface area contributed by atoms with Crippen LogP contribution in [0.25, 0.3) is 0 Å². The number of anilines is 1. The van der Waals surface area contributed by atoms with Gasteiger partial charge >= 0.3 is 0 Å². The van der Waals surface area contributed by atoms with Gasteiger partial charge in [0, 0.05) is 42.3 Å². The van der Waals surface area contributed by atoms with Crippen molar-refractivity contribution in [2.45, 2.75) is 19.9 Å². The van der Waals surface area contributed by atoms with Crippen LogP contribution in [0.4, 0.5) is 10.1 Å². The second kappa shape index (κ2) is 9.91. The Morgan fingerprint density at radius 3 is 2.69 bits per heavy atom. The van der Waals surface area contributed by atoms with E-state index in [0.717, 1.165) is 15.7 Å². The van der Waals surface area contributed by atoms with E-state index in [1.807, 2.05) is 25.1 Å². The summed E-state index contributed by atoms with van der Waals surface area (Å²) in [6.07, 6.45) is 0.284. The minimum atomic E-state index is -0.265. The molecule has 0 unspecified atom stereocenters. The van der Waals surface area contributed by atoms with Gasteiger partial charge < -0.3 is 16.0 Å².